The van der Waals surface area contributed by atoms with Gasteiger partial charge in [0.05, 0.1) is 14.2 Å². The number of ether oxygens (including phenoxy) is 3. The van der Waals surface area contributed by atoms with E-state index in [1.54, 1.807) is 27.9 Å². The Morgan fingerprint density at radius 1 is 1.07 bits per heavy atom. The van der Waals surface area contributed by atoms with Gasteiger partial charge in [0.25, 0.3) is 0 Å². The minimum Gasteiger partial charge on any atom is -0.496 e. The van der Waals surface area contributed by atoms with Gasteiger partial charge < -0.3 is 14.2 Å². The number of esters is 1. The summed E-state index contributed by atoms with van der Waals surface area (Å²) < 4.78 is 15.9. The van der Waals surface area contributed by atoms with Crippen LogP contribution >= 0.6 is 0 Å². The number of hydrogen-bond acceptors (Lipinski definition) is 5. The molecule has 6 nitrogen and oxygen atoms in total. The lowest BCUT2D eigenvalue weighted by molar-refractivity contribution is -0.138. The molecule has 0 N–H and O–H groups in total. The maximum atomic E-state index is 12.7. The molecule has 148 valence electrons. The Hall–Kier alpha value is -2.50. The Kier molecular flexibility index (Phi) is 6.19. The number of hydrogen-bond donors (Lipinski definition) is 0. The first kappa shape index (κ1) is 20.8. The Balaban J connectivity index is 2.58. The standard InChI is InChI=1S/C21H29NO5/c1-13-11-15(12-14(2)18(13)25-6)16-9-8-10-22(17(16)19(23)26-7)20(24)27-21(3,4)5/h11-12H,8-10H2,1-7H3. The molecule has 0 spiro atoms. The highest BCUT2D eigenvalue weighted by Gasteiger charge is 2.34. The van der Waals surface area contributed by atoms with E-state index in [2.05, 4.69) is 0 Å². The molecule has 0 radical (unpaired) electrons. The van der Waals surface area contributed by atoms with Crippen LogP contribution in [-0.4, -0.2) is 43.3 Å². The summed E-state index contributed by atoms with van der Waals surface area (Å²) in [7, 11) is 2.96. The van der Waals surface area contributed by atoms with Crippen molar-refractivity contribution in [2.75, 3.05) is 20.8 Å². The molecule has 1 heterocycles. The third kappa shape index (κ3) is 4.62. The SMILES string of the molecule is COC(=O)C1=C(c2cc(C)c(OC)c(C)c2)CCCN1C(=O)OC(C)(C)C. The van der Waals surface area contributed by atoms with E-state index in [9.17, 15) is 9.59 Å². The Bertz CT molecular complexity index is 750. The Morgan fingerprint density at radius 3 is 2.15 bits per heavy atom. The fourth-order valence-corrected chi connectivity index (χ4v) is 3.36. The molecule has 1 aromatic carbocycles. The summed E-state index contributed by atoms with van der Waals surface area (Å²) in [5, 5.41) is 0. The van der Waals surface area contributed by atoms with Crippen LogP contribution in [-0.2, 0) is 14.3 Å². The summed E-state index contributed by atoms with van der Waals surface area (Å²) in [6, 6.07) is 3.95. The summed E-state index contributed by atoms with van der Waals surface area (Å²) in [4.78, 5) is 26.7. The van der Waals surface area contributed by atoms with Crippen molar-refractivity contribution in [3.8, 4) is 5.75 Å². The van der Waals surface area contributed by atoms with Crippen LogP contribution in [0.1, 0.15) is 50.3 Å². The Labute approximate surface area is 161 Å². The smallest absolute Gasteiger partial charge is 0.415 e. The third-order valence-corrected chi connectivity index (χ3v) is 4.37. The molecule has 2 rings (SSSR count). The van der Waals surface area contributed by atoms with Crippen LogP contribution < -0.4 is 4.74 Å². The van der Waals surface area contributed by atoms with Crippen molar-refractivity contribution in [3.05, 3.63) is 34.5 Å². The van der Waals surface area contributed by atoms with Gasteiger partial charge in [-0.2, -0.15) is 0 Å². The van der Waals surface area contributed by atoms with E-state index in [0.29, 0.717) is 13.0 Å². The molecule has 0 fully saturated rings. The highest BCUT2D eigenvalue weighted by molar-refractivity contribution is 6.01. The molecule has 0 aliphatic carbocycles. The number of methoxy groups -OCH3 is 2. The van der Waals surface area contributed by atoms with Gasteiger partial charge in [-0.3, -0.25) is 4.90 Å². The molecule has 1 aromatic rings. The van der Waals surface area contributed by atoms with Crippen molar-refractivity contribution in [2.45, 2.75) is 53.1 Å². The van der Waals surface area contributed by atoms with Crippen molar-refractivity contribution in [3.63, 3.8) is 0 Å². The molecule has 0 saturated carbocycles. The van der Waals surface area contributed by atoms with Gasteiger partial charge in [-0.15, -0.1) is 0 Å². The maximum Gasteiger partial charge on any atom is 0.415 e. The number of carbonyl (C=O) groups excluding carboxylic acids is 2. The maximum absolute atomic E-state index is 12.7. The van der Waals surface area contributed by atoms with E-state index < -0.39 is 17.7 Å². The van der Waals surface area contributed by atoms with Gasteiger partial charge >= 0.3 is 12.1 Å². The van der Waals surface area contributed by atoms with Gasteiger partial charge in [0.1, 0.15) is 17.0 Å². The van der Waals surface area contributed by atoms with Crippen LogP contribution in [0.15, 0.2) is 17.8 Å². The molecule has 0 unspecified atom stereocenters. The monoisotopic (exact) mass is 375 g/mol. The zero-order valence-electron chi connectivity index (χ0n) is 17.3. The first-order valence-electron chi connectivity index (χ1n) is 9.06. The number of rotatable bonds is 3. The third-order valence-electron chi connectivity index (χ3n) is 4.37. The molecular weight excluding hydrogens is 346 g/mol. The fraction of sp³-hybridized carbons (Fsp3) is 0.524. The van der Waals surface area contributed by atoms with E-state index in [1.807, 2.05) is 26.0 Å². The molecule has 0 bridgehead atoms. The number of aryl methyl sites for hydroxylation is 2. The van der Waals surface area contributed by atoms with Crippen molar-refractivity contribution in [1.82, 2.24) is 4.90 Å². The summed E-state index contributed by atoms with van der Waals surface area (Å²) in [6.07, 6.45) is 0.871. The number of nitrogens with zero attached hydrogens (tertiary/aromatic N) is 1. The lowest BCUT2D eigenvalue weighted by atomic mass is 9.92. The number of carbonyl (C=O) groups is 2. The predicted molar refractivity (Wildman–Crippen MR) is 104 cm³/mol. The molecule has 0 atom stereocenters. The van der Waals surface area contributed by atoms with Gasteiger partial charge in [-0.25, -0.2) is 9.59 Å². The molecule has 1 aliphatic rings. The van der Waals surface area contributed by atoms with Crippen LogP contribution in [0.25, 0.3) is 5.57 Å². The van der Waals surface area contributed by atoms with Gasteiger partial charge in [0, 0.05) is 6.54 Å². The summed E-state index contributed by atoms with van der Waals surface area (Å²) in [5.41, 5.74) is 3.22. The van der Waals surface area contributed by atoms with E-state index in [1.165, 1.54) is 12.0 Å². The number of amides is 1. The van der Waals surface area contributed by atoms with Gasteiger partial charge in [0.15, 0.2) is 0 Å². The average molecular weight is 375 g/mol. The van der Waals surface area contributed by atoms with E-state index in [-0.39, 0.29) is 5.70 Å². The zero-order valence-corrected chi connectivity index (χ0v) is 17.3. The lowest BCUT2D eigenvalue weighted by Crippen LogP contribution is -2.41. The molecule has 27 heavy (non-hydrogen) atoms. The van der Waals surface area contributed by atoms with E-state index >= 15 is 0 Å². The second-order valence-corrected chi connectivity index (χ2v) is 7.70. The van der Waals surface area contributed by atoms with Crippen LogP contribution in [0.3, 0.4) is 0 Å². The van der Waals surface area contributed by atoms with Crippen molar-refractivity contribution >= 4 is 17.6 Å². The quantitative estimate of drug-likeness (QED) is 0.740. The number of allylic oxidation sites excluding steroid dienone is 1. The second-order valence-electron chi connectivity index (χ2n) is 7.70. The summed E-state index contributed by atoms with van der Waals surface area (Å²) in [6.45, 7) is 9.73. The fourth-order valence-electron chi connectivity index (χ4n) is 3.36. The normalized spacial score (nSPS) is 14.9. The minimum atomic E-state index is -0.650. The van der Waals surface area contributed by atoms with Crippen LogP contribution in [0.4, 0.5) is 4.79 Å². The number of benzene rings is 1. The molecule has 1 amide bonds. The molecular formula is C21H29NO5. The largest absolute Gasteiger partial charge is 0.496 e. The second kappa shape index (κ2) is 8.03. The van der Waals surface area contributed by atoms with Crippen molar-refractivity contribution in [1.29, 1.82) is 0 Å². The summed E-state index contributed by atoms with van der Waals surface area (Å²) >= 11 is 0. The minimum absolute atomic E-state index is 0.252. The highest BCUT2D eigenvalue weighted by Crippen LogP contribution is 2.35. The first-order valence-corrected chi connectivity index (χ1v) is 9.06. The average Bonchev–Trinajstić information content (AvgIpc) is 2.58. The van der Waals surface area contributed by atoms with Crippen molar-refractivity contribution in [2.24, 2.45) is 0 Å². The highest BCUT2D eigenvalue weighted by atomic mass is 16.6. The van der Waals surface area contributed by atoms with Gasteiger partial charge in [-0.1, -0.05) is 0 Å². The van der Waals surface area contributed by atoms with E-state index in [0.717, 1.165) is 34.4 Å². The molecule has 0 aromatic heterocycles. The van der Waals surface area contributed by atoms with E-state index in [4.69, 9.17) is 14.2 Å². The molecule has 0 saturated heterocycles. The molecule has 1 aliphatic heterocycles. The molecule has 6 heteroatoms. The topological polar surface area (TPSA) is 65.1 Å². The van der Waals surface area contributed by atoms with Gasteiger partial charge in [-0.05, 0) is 81.9 Å². The first-order chi connectivity index (χ1) is 12.6. The van der Waals surface area contributed by atoms with Crippen LogP contribution in [0, 0.1) is 13.8 Å². The van der Waals surface area contributed by atoms with Crippen LogP contribution in [0.5, 0.6) is 5.75 Å². The zero-order chi connectivity index (χ0) is 20.4. The Morgan fingerprint density at radius 2 is 1.67 bits per heavy atom. The van der Waals surface area contributed by atoms with Gasteiger partial charge in [0.2, 0.25) is 0 Å². The van der Waals surface area contributed by atoms with Crippen LogP contribution in [0.2, 0.25) is 0 Å². The summed E-state index contributed by atoms with van der Waals surface area (Å²) in [5.74, 6) is 0.278. The lowest BCUT2D eigenvalue weighted by Gasteiger charge is -2.32. The predicted octanol–water partition coefficient (Wildman–Crippen LogP) is 4.23. The van der Waals surface area contributed by atoms with Crippen molar-refractivity contribution < 1.29 is 23.8 Å².